The van der Waals surface area contributed by atoms with E-state index in [9.17, 15) is 9.59 Å². The summed E-state index contributed by atoms with van der Waals surface area (Å²) in [6.45, 7) is 3.14. The number of H-pyrrole nitrogens is 1. The SMILES string of the molecule is CC1CCCCC1OCCNC(=O)c1cnn2c1[nH]c(=O)c1ccccc12. The Labute approximate surface area is 156 Å². The zero-order valence-electron chi connectivity index (χ0n) is 15.4. The lowest BCUT2D eigenvalue weighted by Gasteiger charge is -2.28. The van der Waals surface area contributed by atoms with E-state index in [2.05, 4.69) is 22.3 Å². The third kappa shape index (κ3) is 3.47. The van der Waals surface area contributed by atoms with Gasteiger partial charge in [-0.2, -0.15) is 5.10 Å². The smallest absolute Gasteiger partial charge is 0.259 e. The molecule has 1 fully saturated rings. The quantitative estimate of drug-likeness (QED) is 0.677. The van der Waals surface area contributed by atoms with E-state index in [0.29, 0.717) is 41.2 Å². The van der Waals surface area contributed by atoms with Crippen LogP contribution < -0.4 is 10.9 Å². The highest BCUT2D eigenvalue weighted by Gasteiger charge is 2.22. The Morgan fingerprint density at radius 2 is 2.15 bits per heavy atom. The molecule has 0 saturated heterocycles. The summed E-state index contributed by atoms with van der Waals surface area (Å²) in [5.74, 6) is 0.309. The molecule has 1 aromatic carbocycles. The molecular formula is C20H24N4O3. The molecule has 142 valence electrons. The Hall–Kier alpha value is -2.67. The van der Waals surface area contributed by atoms with Gasteiger partial charge in [-0.15, -0.1) is 0 Å². The van der Waals surface area contributed by atoms with Crippen LogP contribution in [0.3, 0.4) is 0 Å². The van der Waals surface area contributed by atoms with Gasteiger partial charge in [0.1, 0.15) is 11.2 Å². The fraction of sp³-hybridized carbons (Fsp3) is 0.450. The van der Waals surface area contributed by atoms with E-state index in [0.717, 1.165) is 6.42 Å². The zero-order chi connectivity index (χ0) is 18.8. The molecule has 7 nitrogen and oxygen atoms in total. The van der Waals surface area contributed by atoms with Crippen molar-refractivity contribution in [2.75, 3.05) is 13.2 Å². The molecule has 1 saturated carbocycles. The second-order valence-electron chi connectivity index (χ2n) is 7.22. The van der Waals surface area contributed by atoms with Gasteiger partial charge in [-0.3, -0.25) is 9.59 Å². The number of para-hydroxylation sites is 1. The minimum absolute atomic E-state index is 0.234. The maximum absolute atomic E-state index is 12.5. The average Bonchev–Trinajstić information content (AvgIpc) is 3.10. The summed E-state index contributed by atoms with van der Waals surface area (Å²) in [6.07, 6.45) is 6.56. The molecule has 0 bridgehead atoms. The summed E-state index contributed by atoms with van der Waals surface area (Å²) >= 11 is 0. The Bertz CT molecular complexity index is 1020. The van der Waals surface area contributed by atoms with Gasteiger partial charge in [0.2, 0.25) is 0 Å². The highest BCUT2D eigenvalue weighted by molar-refractivity contribution is 6.00. The van der Waals surface area contributed by atoms with E-state index in [4.69, 9.17) is 4.74 Å². The lowest BCUT2D eigenvalue weighted by atomic mass is 9.88. The number of aromatic nitrogens is 3. The molecule has 0 spiro atoms. The van der Waals surface area contributed by atoms with Crippen molar-refractivity contribution in [2.45, 2.75) is 38.7 Å². The van der Waals surface area contributed by atoms with Crippen LogP contribution in [0.25, 0.3) is 16.6 Å². The first-order valence-electron chi connectivity index (χ1n) is 9.53. The Morgan fingerprint density at radius 3 is 3.00 bits per heavy atom. The van der Waals surface area contributed by atoms with Crippen molar-refractivity contribution < 1.29 is 9.53 Å². The molecule has 2 N–H and O–H groups in total. The van der Waals surface area contributed by atoms with Crippen molar-refractivity contribution in [1.29, 1.82) is 0 Å². The molecule has 1 aliphatic rings. The molecule has 2 aromatic heterocycles. The summed E-state index contributed by atoms with van der Waals surface area (Å²) in [5, 5.41) is 7.67. The first-order chi connectivity index (χ1) is 13.1. The molecule has 2 unspecified atom stereocenters. The van der Waals surface area contributed by atoms with Crippen LogP contribution in [0.15, 0.2) is 35.3 Å². The van der Waals surface area contributed by atoms with Crippen LogP contribution in [0.2, 0.25) is 0 Å². The Kier molecular flexibility index (Phi) is 4.94. The summed E-state index contributed by atoms with van der Waals surface area (Å²) in [5.41, 5.74) is 1.19. The molecule has 7 heteroatoms. The summed E-state index contributed by atoms with van der Waals surface area (Å²) in [7, 11) is 0. The number of benzene rings is 1. The Balaban J connectivity index is 1.44. The molecule has 27 heavy (non-hydrogen) atoms. The maximum Gasteiger partial charge on any atom is 0.259 e. The third-order valence-electron chi connectivity index (χ3n) is 5.37. The van der Waals surface area contributed by atoms with Gasteiger partial charge in [-0.05, 0) is 30.9 Å². The molecule has 0 aliphatic heterocycles. The first-order valence-corrected chi connectivity index (χ1v) is 9.53. The lowest BCUT2D eigenvalue weighted by molar-refractivity contribution is -0.00293. The van der Waals surface area contributed by atoms with E-state index >= 15 is 0 Å². The monoisotopic (exact) mass is 368 g/mol. The van der Waals surface area contributed by atoms with Gasteiger partial charge in [0.15, 0.2) is 0 Å². The van der Waals surface area contributed by atoms with Crippen molar-refractivity contribution in [3.05, 3.63) is 46.4 Å². The number of nitrogens with zero attached hydrogens (tertiary/aromatic N) is 2. The standard InChI is InChI=1S/C20H24N4O3/c1-13-6-2-5-9-17(13)27-11-10-21-19(25)15-12-22-24-16-8-4-3-7-14(16)20(26)23-18(15)24/h3-4,7-8,12-13,17H,2,5-6,9-11H2,1H3,(H,21,25)(H,23,26). The van der Waals surface area contributed by atoms with Crippen LogP contribution in [-0.4, -0.2) is 39.8 Å². The van der Waals surface area contributed by atoms with E-state index < -0.39 is 0 Å². The highest BCUT2D eigenvalue weighted by Crippen LogP contribution is 2.26. The van der Waals surface area contributed by atoms with E-state index in [1.165, 1.54) is 25.5 Å². The number of carbonyl (C=O) groups is 1. The number of fused-ring (bicyclic) bond motifs is 3. The maximum atomic E-state index is 12.5. The van der Waals surface area contributed by atoms with Gasteiger partial charge >= 0.3 is 0 Å². The second-order valence-corrected chi connectivity index (χ2v) is 7.22. The number of hydrogen-bond acceptors (Lipinski definition) is 4. The van der Waals surface area contributed by atoms with Gasteiger partial charge < -0.3 is 15.0 Å². The molecule has 0 radical (unpaired) electrons. The van der Waals surface area contributed by atoms with Crippen LogP contribution in [0, 0.1) is 5.92 Å². The van der Waals surface area contributed by atoms with Crippen LogP contribution in [0.4, 0.5) is 0 Å². The normalized spacial score (nSPS) is 20.2. The zero-order valence-corrected chi connectivity index (χ0v) is 15.4. The van der Waals surface area contributed by atoms with Crippen LogP contribution >= 0.6 is 0 Å². The predicted molar refractivity (Wildman–Crippen MR) is 103 cm³/mol. The van der Waals surface area contributed by atoms with E-state index in [1.54, 1.807) is 16.6 Å². The topological polar surface area (TPSA) is 88.5 Å². The molecular weight excluding hydrogens is 344 g/mol. The first kappa shape index (κ1) is 17.7. The number of carbonyl (C=O) groups excluding carboxylic acids is 1. The van der Waals surface area contributed by atoms with Gasteiger partial charge in [-0.25, -0.2) is 4.52 Å². The summed E-state index contributed by atoms with van der Waals surface area (Å²) in [6, 6.07) is 7.18. The van der Waals surface area contributed by atoms with Crippen molar-refractivity contribution in [2.24, 2.45) is 5.92 Å². The molecule has 2 heterocycles. The van der Waals surface area contributed by atoms with Crippen LogP contribution in [0.5, 0.6) is 0 Å². The molecule has 3 aromatic rings. The molecule has 1 amide bonds. The number of ether oxygens (including phenoxy) is 1. The van der Waals surface area contributed by atoms with Gasteiger partial charge in [0.25, 0.3) is 11.5 Å². The number of hydrogen-bond donors (Lipinski definition) is 2. The summed E-state index contributed by atoms with van der Waals surface area (Å²) in [4.78, 5) is 27.6. The van der Waals surface area contributed by atoms with Gasteiger partial charge in [0.05, 0.1) is 29.8 Å². The minimum atomic E-state index is -0.267. The summed E-state index contributed by atoms with van der Waals surface area (Å²) < 4.78 is 7.52. The fourth-order valence-corrected chi connectivity index (χ4v) is 3.84. The predicted octanol–water partition coefficient (Wildman–Crippen LogP) is 2.50. The van der Waals surface area contributed by atoms with E-state index in [-0.39, 0.29) is 17.6 Å². The largest absolute Gasteiger partial charge is 0.376 e. The van der Waals surface area contributed by atoms with E-state index in [1.807, 2.05) is 12.1 Å². The van der Waals surface area contributed by atoms with Crippen molar-refractivity contribution in [1.82, 2.24) is 19.9 Å². The van der Waals surface area contributed by atoms with Crippen LogP contribution in [-0.2, 0) is 4.74 Å². The van der Waals surface area contributed by atoms with Gasteiger partial charge in [0, 0.05) is 6.54 Å². The Morgan fingerprint density at radius 1 is 1.33 bits per heavy atom. The molecule has 4 rings (SSSR count). The number of aromatic amines is 1. The average molecular weight is 368 g/mol. The highest BCUT2D eigenvalue weighted by atomic mass is 16.5. The molecule has 2 atom stereocenters. The molecule has 1 aliphatic carbocycles. The third-order valence-corrected chi connectivity index (χ3v) is 5.37. The van der Waals surface area contributed by atoms with Crippen LogP contribution in [0.1, 0.15) is 43.0 Å². The van der Waals surface area contributed by atoms with Crippen molar-refractivity contribution in [3.63, 3.8) is 0 Å². The van der Waals surface area contributed by atoms with Crippen molar-refractivity contribution >= 4 is 22.5 Å². The minimum Gasteiger partial charge on any atom is -0.376 e. The second kappa shape index (κ2) is 7.52. The fourth-order valence-electron chi connectivity index (χ4n) is 3.84. The lowest BCUT2D eigenvalue weighted by Crippen LogP contribution is -2.32. The van der Waals surface area contributed by atoms with Crippen molar-refractivity contribution in [3.8, 4) is 0 Å². The number of amides is 1. The van der Waals surface area contributed by atoms with Gasteiger partial charge in [-0.1, -0.05) is 31.9 Å². The number of nitrogens with one attached hydrogen (secondary N) is 2. The number of rotatable bonds is 5.